The summed E-state index contributed by atoms with van der Waals surface area (Å²) in [6.45, 7) is 7.37. The number of piperazine rings is 1. The Morgan fingerprint density at radius 2 is 1.89 bits per heavy atom. The molecule has 2 aliphatic rings. The molecule has 1 atom stereocenters. The van der Waals surface area contributed by atoms with Crippen LogP contribution in [-0.2, 0) is 0 Å². The number of hydrogen-bond donors (Lipinski definition) is 0. The van der Waals surface area contributed by atoms with E-state index in [4.69, 9.17) is 11.6 Å². The zero-order valence-corrected chi connectivity index (χ0v) is 17.1. The van der Waals surface area contributed by atoms with E-state index < -0.39 is 0 Å². The quantitative estimate of drug-likeness (QED) is 0.785. The largest absolute Gasteiger partial charge is 0.368 e. The number of halogens is 1. The standard InChI is InChI=1S/C22H27ClN4O/c1-17-4-3-9-27(16-17)21-14-18(7-8-24-21)22(28)26-12-10-25(11-13-26)20-6-2-5-19(23)15-20/h2,5-8,14-15,17H,3-4,9-13,16H2,1H3. The van der Waals surface area contributed by atoms with Gasteiger partial charge in [-0.15, -0.1) is 0 Å². The van der Waals surface area contributed by atoms with Crippen molar-refractivity contribution in [3.8, 4) is 0 Å². The van der Waals surface area contributed by atoms with Crippen LogP contribution in [0.15, 0.2) is 42.6 Å². The summed E-state index contributed by atoms with van der Waals surface area (Å²) in [6, 6.07) is 11.7. The molecule has 1 aromatic heterocycles. The summed E-state index contributed by atoms with van der Waals surface area (Å²) in [5.41, 5.74) is 1.85. The number of carbonyl (C=O) groups excluding carboxylic acids is 1. The van der Waals surface area contributed by atoms with Crippen LogP contribution in [0.2, 0.25) is 5.02 Å². The number of piperidine rings is 1. The van der Waals surface area contributed by atoms with Crippen molar-refractivity contribution in [1.82, 2.24) is 9.88 Å². The van der Waals surface area contributed by atoms with Crippen molar-refractivity contribution in [2.24, 2.45) is 5.92 Å². The lowest BCUT2D eigenvalue weighted by Gasteiger charge is -2.36. The highest BCUT2D eigenvalue weighted by atomic mass is 35.5. The van der Waals surface area contributed by atoms with E-state index in [1.54, 1.807) is 6.20 Å². The molecule has 1 amide bonds. The molecule has 0 aliphatic carbocycles. The normalized spacial score (nSPS) is 20.4. The maximum absolute atomic E-state index is 13.0. The van der Waals surface area contributed by atoms with Gasteiger partial charge < -0.3 is 14.7 Å². The van der Waals surface area contributed by atoms with Crippen LogP contribution in [-0.4, -0.2) is 55.1 Å². The molecule has 1 aromatic carbocycles. The van der Waals surface area contributed by atoms with Gasteiger partial charge in [-0.25, -0.2) is 4.98 Å². The third-order valence-electron chi connectivity index (χ3n) is 5.71. The van der Waals surface area contributed by atoms with E-state index in [1.807, 2.05) is 35.2 Å². The van der Waals surface area contributed by atoms with Gasteiger partial charge in [-0.3, -0.25) is 4.79 Å². The number of pyridine rings is 1. The number of amides is 1. The monoisotopic (exact) mass is 398 g/mol. The van der Waals surface area contributed by atoms with Crippen LogP contribution in [0.5, 0.6) is 0 Å². The first kappa shape index (κ1) is 19.1. The minimum absolute atomic E-state index is 0.0967. The van der Waals surface area contributed by atoms with E-state index in [0.29, 0.717) is 19.0 Å². The molecule has 2 aromatic rings. The molecule has 2 aliphatic heterocycles. The lowest BCUT2D eigenvalue weighted by Crippen LogP contribution is -2.48. The average Bonchev–Trinajstić information content (AvgIpc) is 2.73. The summed E-state index contributed by atoms with van der Waals surface area (Å²) in [5.74, 6) is 1.70. The van der Waals surface area contributed by atoms with Crippen molar-refractivity contribution in [1.29, 1.82) is 0 Å². The number of anilines is 2. The number of carbonyl (C=O) groups is 1. The van der Waals surface area contributed by atoms with Crippen molar-refractivity contribution >= 4 is 29.0 Å². The summed E-state index contributed by atoms with van der Waals surface area (Å²) in [5, 5.41) is 0.743. The molecule has 2 fully saturated rings. The number of nitrogens with zero attached hydrogens (tertiary/aromatic N) is 4. The Morgan fingerprint density at radius 1 is 1.07 bits per heavy atom. The predicted octanol–water partition coefficient (Wildman–Crippen LogP) is 3.93. The Labute approximate surface area is 171 Å². The van der Waals surface area contributed by atoms with Crippen LogP contribution in [0.4, 0.5) is 11.5 Å². The fourth-order valence-corrected chi connectivity index (χ4v) is 4.33. The molecule has 28 heavy (non-hydrogen) atoms. The van der Waals surface area contributed by atoms with Crippen LogP contribution in [0.3, 0.4) is 0 Å². The van der Waals surface area contributed by atoms with Gasteiger partial charge in [0.2, 0.25) is 0 Å². The zero-order chi connectivity index (χ0) is 19.5. The SMILES string of the molecule is CC1CCCN(c2cc(C(=O)N3CCN(c4cccc(Cl)c4)CC3)ccn2)C1. The average molecular weight is 399 g/mol. The van der Waals surface area contributed by atoms with Gasteiger partial charge in [-0.2, -0.15) is 0 Å². The highest BCUT2D eigenvalue weighted by Gasteiger charge is 2.24. The van der Waals surface area contributed by atoms with E-state index in [2.05, 4.69) is 27.8 Å². The van der Waals surface area contributed by atoms with Gasteiger partial charge in [-0.1, -0.05) is 24.6 Å². The lowest BCUT2D eigenvalue weighted by molar-refractivity contribution is 0.0746. The molecule has 148 valence electrons. The molecule has 0 saturated carbocycles. The van der Waals surface area contributed by atoms with Gasteiger partial charge >= 0.3 is 0 Å². The third-order valence-corrected chi connectivity index (χ3v) is 5.95. The zero-order valence-electron chi connectivity index (χ0n) is 16.4. The van der Waals surface area contributed by atoms with Gasteiger partial charge in [0, 0.05) is 61.7 Å². The maximum atomic E-state index is 13.0. The smallest absolute Gasteiger partial charge is 0.254 e. The second-order valence-corrected chi connectivity index (χ2v) is 8.29. The summed E-state index contributed by atoms with van der Waals surface area (Å²) in [4.78, 5) is 24.1. The molecule has 5 nitrogen and oxygen atoms in total. The molecule has 0 bridgehead atoms. The van der Waals surface area contributed by atoms with Gasteiger partial charge in [0.1, 0.15) is 5.82 Å². The number of benzene rings is 1. The molecule has 3 heterocycles. The molecule has 4 rings (SSSR count). The van der Waals surface area contributed by atoms with E-state index in [1.165, 1.54) is 12.8 Å². The highest BCUT2D eigenvalue weighted by Crippen LogP contribution is 2.24. The van der Waals surface area contributed by atoms with Gasteiger partial charge in [0.15, 0.2) is 0 Å². The Balaban J connectivity index is 1.41. The van der Waals surface area contributed by atoms with Gasteiger partial charge in [0.05, 0.1) is 0 Å². The number of aromatic nitrogens is 1. The summed E-state index contributed by atoms with van der Waals surface area (Å²) < 4.78 is 0. The van der Waals surface area contributed by atoms with Gasteiger partial charge in [-0.05, 0) is 49.1 Å². The van der Waals surface area contributed by atoms with Crippen molar-refractivity contribution in [3.05, 3.63) is 53.2 Å². The van der Waals surface area contributed by atoms with Crippen molar-refractivity contribution in [3.63, 3.8) is 0 Å². The Kier molecular flexibility index (Phi) is 5.72. The maximum Gasteiger partial charge on any atom is 0.254 e. The highest BCUT2D eigenvalue weighted by molar-refractivity contribution is 6.30. The summed E-state index contributed by atoms with van der Waals surface area (Å²) >= 11 is 6.11. The second kappa shape index (κ2) is 8.39. The van der Waals surface area contributed by atoms with Crippen LogP contribution < -0.4 is 9.80 Å². The summed E-state index contributed by atoms with van der Waals surface area (Å²) in [7, 11) is 0. The van der Waals surface area contributed by atoms with Crippen molar-refractivity contribution in [2.75, 3.05) is 49.1 Å². The Bertz CT molecular complexity index is 835. The van der Waals surface area contributed by atoms with E-state index >= 15 is 0 Å². The molecule has 0 spiro atoms. The first-order valence-corrected chi connectivity index (χ1v) is 10.5. The molecular formula is C22H27ClN4O. The van der Waals surface area contributed by atoms with Crippen LogP contribution in [0.25, 0.3) is 0 Å². The summed E-state index contributed by atoms with van der Waals surface area (Å²) in [6.07, 6.45) is 4.22. The van der Waals surface area contributed by atoms with E-state index in [0.717, 1.165) is 48.3 Å². The minimum atomic E-state index is 0.0967. The van der Waals surface area contributed by atoms with E-state index in [9.17, 15) is 4.79 Å². The number of hydrogen-bond acceptors (Lipinski definition) is 4. The van der Waals surface area contributed by atoms with Crippen LogP contribution in [0.1, 0.15) is 30.1 Å². The molecule has 0 radical (unpaired) electrons. The molecule has 1 unspecified atom stereocenters. The molecule has 2 saturated heterocycles. The Hall–Kier alpha value is -2.27. The van der Waals surface area contributed by atoms with Crippen LogP contribution in [0, 0.1) is 5.92 Å². The van der Waals surface area contributed by atoms with Crippen molar-refractivity contribution < 1.29 is 4.79 Å². The molecule has 6 heteroatoms. The molecular weight excluding hydrogens is 372 g/mol. The fraction of sp³-hybridized carbons (Fsp3) is 0.455. The van der Waals surface area contributed by atoms with E-state index in [-0.39, 0.29) is 5.91 Å². The number of rotatable bonds is 3. The van der Waals surface area contributed by atoms with Gasteiger partial charge in [0.25, 0.3) is 5.91 Å². The molecule has 0 N–H and O–H groups in total. The topological polar surface area (TPSA) is 39.7 Å². The first-order chi connectivity index (χ1) is 13.6. The Morgan fingerprint density at radius 3 is 2.64 bits per heavy atom. The second-order valence-electron chi connectivity index (χ2n) is 7.86. The lowest BCUT2D eigenvalue weighted by atomic mass is 10.0. The van der Waals surface area contributed by atoms with Crippen LogP contribution >= 0.6 is 11.6 Å². The first-order valence-electron chi connectivity index (χ1n) is 10.1. The third kappa shape index (κ3) is 4.25. The van der Waals surface area contributed by atoms with Crippen molar-refractivity contribution in [2.45, 2.75) is 19.8 Å². The minimum Gasteiger partial charge on any atom is -0.368 e. The fourth-order valence-electron chi connectivity index (χ4n) is 4.14. The predicted molar refractivity (Wildman–Crippen MR) is 114 cm³/mol.